The van der Waals surface area contributed by atoms with Crippen LogP contribution in [0.2, 0.25) is 0 Å². The van der Waals surface area contributed by atoms with Crippen LogP contribution in [0.5, 0.6) is 0 Å². The number of hydrogen-bond donors (Lipinski definition) is 2. The lowest BCUT2D eigenvalue weighted by Gasteiger charge is -2.36. The predicted octanol–water partition coefficient (Wildman–Crippen LogP) is 1.64. The lowest BCUT2D eigenvalue weighted by molar-refractivity contribution is -0.114. The molecule has 0 bridgehead atoms. The van der Waals surface area contributed by atoms with Crippen molar-refractivity contribution in [1.29, 1.82) is 0 Å². The SMILES string of the molecule is CC(=O)Nc1cccc(N2CCN(C(=O)NC3CC3)CC2)c1. The molecule has 2 N–H and O–H groups in total. The summed E-state index contributed by atoms with van der Waals surface area (Å²) in [6.45, 7) is 4.57. The number of nitrogens with zero attached hydrogens (tertiary/aromatic N) is 2. The van der Waals surface area contributed by atoms with Crippen LogP contribution in [0.3, 0.4) is 0 Å². The number of nitrogens with one attached hydrogen (secondary N) is 2. The number of anilines is 2. The second-order valence-electron chi connectivity index (χ2n) is 5.93. The smallest absolute Gasteiger partial charge is 0.317 e. The first-order valence-electron chi connectivity index (χ1n) is 7.80. The molecular formula is C16H22N4O2. The molecule has 1 aliphatic carbocycles. The van der Waals surface area contributed by atoms with E-state index >= 15 is 0 Å². The summed E-state index contributed by atoms with van der Waals surface area (Å²) in [6, 6.07) is 8.29. The third-order valence-electron chi connectivity index (χ3n) is 4.00. The molecule has 1 aliphatic heterocycles. The first-order valence-corrected chi connectivity index (χ1v) is 7.80. The molecule has 2 aliphatic rings. The normalized spacial score (nSPS) is 18.0. The average molecular weight is 302 g/mol. The molecule has 0 radical (unpaired) electrons. The number of hydrogen-bond acceptors (Lipinski definition) is 3. The van der Waals surface area contributed by atoms with Crippen molar-refractivity contribution in [3.05, 3.63) is 24.3 Å². The summed E-state index contributed by atoms with van der Waals surface area (Å²) in [5.74, 6) is -0.0706. The van der Waals surface area contributed by atoms with Gasteiger partial charge in [0.05, 0.1) is 0 Å². The van der Waals surface area contributed by atoms with Crippen LogP contribution in [0.25, 0.3) is 0 Å². The van der Waals surface area contributed by atoms with Crippen LogP contribution < -0.4 is 15.5 Å². The summed E-state index contributed by atoms with van der Waals surface area (Å²) in [4.78, 5) is 27.3. The molecular weight excluding hydrogens is 280 g/mol. The summed E-state index contributed by atoms with van der Waals surface area (Å²) in [5, 5.41) is 5.83. The molecule has 1 aromatic carbocycles. The number of benzene rings is 1. The van der Waals surface area contributed by atoms with E-state index in [0.29, 0.717) is 6.04 Å². The van der Waals surface area contributed by atoms with Gasteiger partial charge in [-0.05, 0) is 31.0 Å². The minimum absolute atomic E-state index is 0.0640. The van der Waals surface area contributed by atoms with Crippen LogP contribution >= 0.6 is 0 Å². The van der Waals surface area contributed by atoms with Gasteiger partial charge in [-0.3, -0.25) is 4.79 Å². The van der Waals surface area contributed by atoms with E-state index in [4.69, 9.17) is 0 Å². The minimum atomic E-state index is -0.0706. The van der Waals surface area contributed by atoms with Crippen molar-refractivity contribution in [2.45, 2.75) is 25.8 Å². The van der Waals surface area contributed by atoms with E-state index in [9.17, 15) is 9.59 Å². The van der Waals surface area contributed by atoms with Crippen molar-refractivity contribution in [2.24, 2.45) is 0 Å². The molecule has 3 rings (SSSR count). The van der Waals surface area contributed by atoms with Gasteiger partial charge in [0.25, 0.3) is 0 Å². The lowest BCUT2D eigenvalue weighted by atomic mass is 10.2. The molecule has 1 aromatic rings. The van der Waals surface area contributed by atoms with Gasteiger partial charge in [0.2, 0.25) is 5.91 Å². The first kappa shape index (κ1) is 14.7. The van der Waals surface area contributed by atoms with E-state index in [1.165, 1.54) is 6.92 Å². The summed E-state index contributed by atoms with van der Waals surface area (Å²) >= 11 is 0. The van der Waals surface area contributed by atoms with Crippen molar-refractivity contribution in [3.63, 3.8) is 0 Å². The molecule has 2 fully saturated rings. The molecule has 1 saturated heterocycles. The van der Waals surface area contributed by atoms with Crippen molar-refractivity contribution in [1.82, 2.24) is 10.2 Å². The maximum atomic E-state index is 12.0. The van der Waals surface area contributed by atoms with Crippen LogP contribution in [0.15, 0.2) is 24.3 Å². The maximum absolute atomic E-state index is 12.0. The van der Waals surface area contributed by atoms with Gasteiger partial charge in [-0.1, -0.05) is 6.07 Å². The highest BCUT2D eigenvalue weighted by Gasteiger charge is 2.27. The van der Waals surface area contributed by atoms with Crippen LogP contribution in [0.1, 0.15) is 19.8 Å². The highest BCUT2D eigenvalue weighted by Crippen LogP contribution is 2.22. The van der Waals surface area contributed by atoms with Gasteiger partial charge in [-0.15, -0.1) is 0 Å². The van der Waals surface area contributed by atoms with Gasteiger partial charge in [-0.25, -0.2) is 4.79 Å². The molecule has 22 heavy (non-hydrogen) atoms. The van der Waals surface area contributed by atoms with Crippen molar-refractivity contribution >= 4 is 23.3 Å². The Morgan fingerprint density at radius 1 is 1.14 bits per heavy atom. The van der Waals surface area contributed by atoms with Crippen molar-refractivity contribution in [2.75, 3.05) is 36.4 Å². The Morgan fingerprint density at radius 3 is 2.50 bits per heavy atom. The van der Waals surface area contributed by atoms with Gasteiger partial charge in [0, 0.05) is 50.5 Å². The fourth-order valence-electron chi connectivity index (χ4n) is 2.64. The van der Waals surface area contributed by atoms with Crippen LogP contribution in [-0.2, 0) is 4.79 Å². The summed E-state index contributed by atoms with van der Waals surface area (Å²) in [6.07, 6.45) is 2.23. The zero-order chi connectivity index (χ0) is 15.5. The lowest BCUT2D eigenvalue weighted by Crippen LogP contribution is -2.52. The summed E-state index contributed by atoms with van der Waals surface area (Å²) in [7, 11) is 0. The Bertz CT molecular complexity index is 563. The molecule has 0 unspecified atom stereocenters. The first-order chi connectivity index (χ1) is 10.6. The van der Waals surface area contributed by atoms with E-state index in [-0.39, 0.29) is 11.9 Å². The third-order valence-corrected chi connectivity index (χ3v) is 4.00. The van der Waals surface area contributed by atoms with Gasteiger partial charge < -0.3 is 20.4 Å². The van der Waals surface area contributed by atoms with Gasteiger partial charge in [0.15, 0.2) is 0 Å². The number of piperazine rings is 1. The zero-order valence-corrected chi connectivity index (χ0v) is 12.8. The van der Waals surface area contributed by atoms with Crippen LogP contribution in [0, 0.1) is 0 Å². The molecule has 1 saturated carbocycles. The molecule has 3 amide bonds. The zero-order valence-electron chi connectivity index (χ0n) is 12.8. The number of rotatable bonds is 3. The van der Waals surface area contributed by atoms with Gasteiger partial charge in [-0.2, -0.15) is 0 Å². The summed E-state index contributed by atoms with van der Waals surface area (Å²) in [5.41, 5.74) is 1.88. The maximum Gasteiger partial charge on any atom is 0.317 e. The van der Waals surface area contributed by atoms with E-state index < -0.39 is 0 Å². The molecule has 118 valence electrons. The molecule has 0 atom stereocenters. The largest absolute Gasteiger partial charge is 0.368 e. The number of carbonyl (C=O) groups excluding carboxylic acids is 2. The fourth-order valence-corrected chi connectivity index (χ4v) is 2.64. The van der Waals surface area contributed by atoms with Crippen molar-refractivity contribution in [3.8, 4) is 0 Å². The standard InChI is InChI=1S/C16H22N4O2/c1-12(21)17-14-3-2-4-15(11-14)19-7-9-20(10-8-19)16(22)18-13-5-6-13/h2-4,11,13H,5-10H2,1H3,(H,17,21)(H,18,22). The van der Waals surface area contributed by atoms with E-state index in [2.05, 4.69) is 15.5 Å². The number of carbonyl (C=O) groups is 2. The third kappa shape index (κ3) is 3.69. The highest BCUT2D eigenvalue weighted by atomic mass is 16.2. The Labute approximate surface area is 130 Å². The molecule has 1 heterocycles. The molecule has 0 spiro atoms. The fraction of sp³-hybridized carbons (Fsp3) is 0.500. The minimum Gasteiger partial charge on any atom is -0.368 e. The van der Waals surface area contributed by atoms with E-state index in [1.807, 2.05) is 29.2 Å². The quantitative estimate of drug-likeness (QED) is 0.892. The van der Waals surface area contributed by atoms with Crippen LogP contribution in [0.4, 0.5) is 16.2 Å². The average Bonchev–Trinajstić information content (AvgIpc) is 3.31. The Kier molecular flexibility index (Phi) is 4.18. The molecule has 0 aromatic heterocycles. The van der Waals surface area contributed by atoms with Gasteiger partial charge >= 0.3 is 6.03 Å². The monoisotopic (exact) mass is 302 g/mol. The highest BCUT2D eigenvalue weighted by molar-refractivity contribution is 5.89. The number of amides is 3. The Hall–Kier alpha value is -2.24. The van der Waals surface area contributed by atoms with Crippen molar-refractivity contribution < 1.29 is 9.59 Å². The Balaban J connectivity index is 1.56. The second kappa shape index (κ2) is 6.25. The predicted molar refractivity (Wildman–Crippen MR) is 86.1 cm³/mol. The molecule has 6 heteroatoms. The number of urea groups is 1. The molecule has 6 nitrogen and oxygen atoms in total. The topological polar surface area (TPSA) is 64.7 Å². The second-order valence-corrected chi connectivity index (χ2v) is 5.93. The van der Waals surface area contributed by atoms with Gasteiger partial charge in [0.1, 0.15) is 0 Å². The Morgan fingerprint density at radius 2 is 1.86 bits per heavy atom. The summed E-state index contributed by atoms with van der Waals surface area (Å²) < 4.78 is 0. The van der Waals surface area contributed by atoms with E-state index in [1.54, 1.807) is 0 Å². The van der Waals surface area contributed by atoms with Crippen LogP contribution in [-0.4, -0.2) is 49.1 Å². The van der Waals surface area contributed by atoms with E-state index in [0.717, 1.165) is 50.4 Å².